The summed E-state index contributed by atoms with van der Waals surface area (Å²) in [4.78, 5) is 18.6. The summed E-state index contributed by atoms with van der Waals surface area (Å²) in [5.41, 5.74) is 1.86. The third-order valence-electron chi connectivity index (χ3n) is 2.64. The normalized spacial score (nSPS) is 9.89. The molecule has 0 aromatic carbocycles. The fourth-order valence-corrected chi connectivity index (χ4v) is 1.71. The smallest absolute Gasteiger partial charge is 0.550 e. The molecule has 0 spiro atoms. The van der Waals surface area contributed by atoms with Gasteiger partial charge in [0.15, 0.2) is 0 Å². The zero-order valence-corrected chi connectivity index (χ0v) is 13.0. The van der Waals surface area contributed by atoms with Crippen molar-refractivity contribution in [3.05, 3.63) is 37.1 Å². The van der Waals surface area contributed by atoms with Gasteiger partial charge in [-0.3, -0.25) is 4.98 Å². The van der Waals surface area contributed by atoms with Gasteiger partial charge >= 0.3 is 29.6 Å². The number of imidazole rings is 1. The second-order valence-corrected chi connectivity index (χ2v) is 4.07. The first-order chi connectivity index (χ1) is 8.75. The van der Waals surface area contributed by atoms with Crippen molar-refractivity contribution in [2.45, 2.75) is 25.8 Å². The molecule has 0 bridgehead atoms. The standard InChI is InChI=1S/C13H15N3O2.Na/c17-13(18)5-1-2-7-16-9-12(15-10-16)11-4-3-6-14-8-11;/h3-4,6,8-10H,1-2,5,7H2,(H,17,18);/q;+1/p-1. The maximum atomic E-state index is 10.3. The first-order valence-electron chi connectivity index (χ1n) is 5.88. The van der Waals surface area contributed by atoms with Gasteiger partial charge in [0.2, 0.25) is 0 Å². The molecule has 6 heteroatoms. The monoisotopic (exact) mass is 267 g/mol. The van der Waals surface area contributed by atoms with Crippen LogP contribution in [0.15, 0.2) is 37.1 Å². The number of aromatic nitrogens is 3. The van der Waals surface area contributed by atoms with E-state index in [1.54, 1.807) is 18.7 Å². The van der Waals surface area contributed by atoms with E-state index in [2.05, 4.69) is 9.97 Å². The van der Waals surface area contributed by atoms with Crippen molar-refractivity contribution >= 4 is 5.97 Å². The zero-order valence-electron chi connectivity index (χ0n) is 11.0. The fraction of sp³-hybridized carbons (Fsp3) is 0.308. The molecule has 94 valence electrons. The van der Waals surface area contributed by atoms with Gasteiger partial charge in [-0.1, -0.05) is 0 Å². The van der Waals surface area contributed by atoms with Crippen LogP contribution in [0.4, 0.5) is 0 Å². The molecule has 0 aliphatic rings. The molecule has 0 fully saturated rings. The van der Waals surface area contributed by atoms with Crippen molar-refractivity contribution < 1.29 is 39.5 Å². The Morgan fingerprint density at radius 2 is 2.21 bits per heavy atom. The van der Waals surface area contributed by atoms with E-state index in [0.717, 1.165) is 24.2 Å². The van der Waals surface area contributed by atoms with Crippen molar-refractivity contribution in [3.8, 4) is 11.3 Å². The Kier molecular flexibility index (Phi) is 6.77. The van der Waals surface area contributed by atoms with E-state index in [-0.39, 0.29) is 36.0 Å². The Hall–Kier alpha value is -1.17. The molecule has 2 aromatic heterocycles. The van der Waals surface area contributed by atoms with Crippen LogP contribution in [-0.2, 0) is 11.3 Å². The summed E-state index contributed by atoms with van der Waals surface area (Å²) in [6.07, 6.45) is 8.73. The number of carbonyl (C=O) groups is 1. The van der Waals surface area contributed by atoms with E-state index in [1.165, 1.54) is 0 Å². The molecule has 2 rings (SSSR count). The molecule has 2 aromatic rings. The van der Waals surface area contributed by atoms with Crippen LogP contribution in [0.3, 0.4) is 0 Å². The van der Waals surface area contributed by atoms with Crippen molar-refractivity contribution in [2.75, 3.05) is 0 Å². The Labute approximate surface area is 134 Å². The second-order valence-electron chi connectivity index (χ2n) is 4.07. The van der Waals surface area contributed by atoms with Crippen molar-refractivity contribution in [3.63, 3.8) is 0 Å². The molecular formula is C13H14N3NaO2. The van der Waals surface area contributed by atoms with Crippen LogP contribution >= 0.6 is 0 Å². The topological polar surface area (TPSA) is 70.8 Å². The number of aryl methyl sites for hydroxylation is 1. The quantitative estimate of drug-likeness (QED) is 0.443. The number of carboxylic acids is 1. The van der Waals surface area contributed by atoms with Crippen LogP contribution in [-0.4, -0.2) is 20.5 Å². The molecule has 0 unspecified atom stereocenters. The summed E-state index contributed by atoms with van der Waals surface area (Å²) in [5, 5.41) is 10.3. The van der Waals surface area contributed by atoms with E-state index in [1.807, 2.05) is 22.9 Å². The number of unbranched alkanes of at least 4 members (excludes halogenated alkanes) is 1. The molecular weight excluding hydrogens is 253 g/mol. The van der Waals surface area contributed by atoms with Gasteiger partial charge in [0.25, 0.3) is 0 Å². The number of hydrogen-bond donors (Lipinski definition) is 0. The van der Waals surface area contributed by atoms with Gasteiger partial charge in [0.1, 0.15) is 0 Å². The molecule has 5 nitrogen and oxygen atoms in total. The van der Waals surface area contributed by atoms with Gasteiger partial charge in [-0.15, -0.1) is 0 Å². The van der Waals surface area contributed by atoms with Crippen LogP contribution in [0.1, 0.15) is 19.3 Å². The Morgan fingerprint density at radius 3 is 2.89 bits per heavy atom. The van der Waals surface area contributed by atoms with Crippen LogP contribution in [0, 0.1) is 0 Å². The number of rotatable bonds is 6. The van der Waals surface area contributed by atoms with Gasteiger partial charge in [0.05, 0.1) is 12.0 Å². The Balaban J connectivity index is 0.00000180. The zero-order chi connectivity index (χ0) is 12.8. The Bertz CT molecular complexity index is 514. The van der Waals surface area contributed by atoms with E-state index < -0.39 is 5.97 Å². The van der Waals surface area contributed by atoms with E-state index in [0.29, 0.717) is 6.42 Å². The van der Waals surface area contributed by atoms with Crippen molar-refractivity contribution in [1.82, 2.24) is 14.5 Å². The Morgan fingerprint density at radius 1 is 1.37 bits per heavy atom. The van der Waals surface area contributed by atoms with Gasteiger partial charge in [-0.05, 0) is 31.4 Å². The largest absolute Gasteiger partial charge is 1.00 e. The summed E-state index contributed by atoms with van der Waals surface area (Å²) in [6, 6.07) is 3.82. The minimum Gasteiger partial charge on any atom is -0.550 e. The third kappa shape index (κ3) is 5.14. The summed E-state index contributed by atoms with van der Waals surface area (Å²) in [7, 11) is 0. The van der Waals surface area contributed by atoms with Crippen LogP contribution in [0.5, 0.6) is 0 Å². The van der Waals surface area contributed by atoms with E-state index >= 15 is 0 Å². The molecule has 0 saturated heterocycles. The summed E-state index contributed by atoms with van der Waals surface area (Å²) < 4.78 is 1.96. The number of carboxylic acid groups (broad SMARTS) is 1. The fourth-order valence-electron chi connectivity index (χ4n) is 1.71. The number of hydrogen-bond acceptors (Lipinski definition) is 4. The summed E-state index contributed by atoms with van der Waals surface area (Å²) in [6.45, 7) is 0.764. The van der Waals surface area contributed by atoms with Crippen molar-refractivity contribution in [1.29, 1.82) is 0 Å². The molecule has 19 heavy (non-hydrogen) atoms. The number of nitrogens with zero attached hydrogens (tertiary/aromatic N) is 3. The van der Waals surface area contributed by atoms with Crippen LogP contribution in [0.2, 0.25) is 0 Å². The van der Waals surface area contributed by atoms with E-state index in [9.17, 15) is 9.90 Å². The molecule has 0 saturated carbocycles. The molecule has 0 atom stereocenters. The minimum absolute atomic E-state index is 0. The predicted octanol–water partition coefficient (Wildman–Crippen LogP) is -2.13. The summed E-state index contributed by atoms with van der Waals surface area (Å²) >= 11 is 0. The number of pyridine rings is 1. The second kappa shape index (κ2) is 8.09. The summed E-state index contributed by atoms with van der Waals surface area (Å²) in [5.74, 6) is -0.989. The molecule has 0 N–H and O–H groups in total. The molecule has 0 radical (unpaired) electrons. The molecule has 0 aliphatic heterocycles. The SMILES string of the molecule is O=C([O-])CCCCn1cnc(-c2cccnc2)c1.[Na+]. The van der Waals surface area contributed by atoms with Crippen molar-refractivity contribution in [2.24, 2.45) is 0 Å². The molecule has 2 heterocycles. The van der Waals surface area contributed by atoms with Crippen LogP contribution < -0.4 is 34.7 Å². The van der Waals surface area contributed by atoms with Gasteiger partial charge in [0, 0.05) is 36.7 Å². The van der Waals surface area contributed by atoms with E-state index in [4.69, 9.17) is 0 Å². The first kappa shape index (κ1) is 15.9. The average Bonchev–Trinajstić information content (AvgIpc) is 2.84. The van der Waals surface area contributed by atoms with Gasteiger partial charge < -0.3 is 14.5 Å². The predicted molar refractivity (Wildman–Crippen MR) is 64.3 cm³/mol. The first-order valence-corrected chi connectivity index (χ1v) is 5.88. The van der Waals surface area contributed by atoms with Crippen LogP contribution in [0.25, 0.3) is 11.3 Å². The minimum atomic E-state index is -0.989. The van der Waals surface area contributed by atoms with Gasteiger partial charge in [-0.2, -0.15) is 0 Å². The van der Waals surface area contributed by atoms with Gasteiger partial charge in [-0.25, -0.2) is 4.98 Å². The molecule has 0 amide bonds. The number of aliphatic carboxylic acids is 1. The maximum absolute atomic E-state index is 10.3. The maximum Gasteiger partial charge on any atom is 1.00 e. The average molecular weight is 267 g/mol. The number of carbonyl (C=O) groups excluding carboxylic acids is 1. The third-order valence-corrected chi connectivity index (χ3v) is 2.64. The molecule has 0 aliphatic carbocycles.